The van der Waals surface area contributed by atoms with E-state index in [-0.39, 0.29) is 5.92 Å². The van der Waals surface area contributed by atoms with Gasteiger partial charge < -0.3 is 9.52 Å². The van der Waals surface area contributed by atoms with Crippen LogP contribution in [0.2, 0.25) is 0 Å². The molecule has 2 rings (SSSR count). The van der Waals surface area contributed by atoms with Crippen LogP contribution in [0.5, 0.6) is 0 Å². The zero-order chi connectivity index (χ0) is 10.7. The van der Waals surface area contributed by atoms with Crippen molar-refractivity contribution in [3.05, 3.63) is 54.2 Å². The van der Waals surface area contributed by atoms with Crippen LogP contribution in [0, 0.1) is 0 Å². The maximum absolute atomic E-state index is 10.00. The first kappa shape index (κ1) is 9.93. The van der Waals surface area contributed by atoms with Crippen LogP contribution in [-0.4, -0.2) is 10.1 Å². The van der Waals surface area contributed by atoms with Crippen LogP contribution in [0.3, 0.4) is 0 Å². The quantitative estimate of drug-likeness (QED) is 0.833. The van der Waals surface area contributed by atoms with E-state index in [2.05, 4.69) is 4.98 Å². The van der Waals surface area contributed by atoms with E-state index in [1.54, 1.807) is 24.6 Å². The van der Waals surface area contributed by atoms with Crippen LogP contribution in [-0.2, 0) is 0 Å². The first-order valence-corrected chi connectivity index (χ1v) is 4.91. The Morgan fingerprint density at radius 1 is 1.27 bits per heavy atom. The molecule has 0 aliphatic heterocycles. The van der Waals surface area contributed by atoms with Gasteiger partial charge in [-0.2, -0.15) is 0 Å². The molecule has 0 bridgehead atoms. The van der Waals surface area contributed by atoms with Gasteiger partial charge in [0.1, 0.15) is 11.9 Å². The van der Waals surface area contributed by atoms with Crippen molar-refractivity contribution in [3.63, 3.8) is 0 Å². The molecular weight excluding hydrogens is 190 g/mol. The second-order valence-corrected chi connectivity index (χ2v) is 3.50. The lowest BCUT2D eigenvalue weighted by atomic mass is 9.98. The summed E-state index contributed by atoms with van der Waals surface area (Å²) in [5.41, 5.74) is 0.862. The Kier molecular flexibility index (Phi) is 2.83. The Morgan fingerprint density at radius 3 is 2.73 bits per heavy atom. The Labute approximate surface area is 88.4 Å². The van der Waals surface area contributed by atoms with E-state index in [1.165, 1.54) is 0 Å². The van der Waals surface area contributed by atoms with Crippen LogP contribution < -0.4 is 0 Å². The average molecular weight is 203 g/mol. The highest BCUT2D eigenvalue weighted by molar-refractivity contribution is 5.14. The Morgan fingerprint density at radius 2 is 2.13 bits per heavy atom. The number of aromatic nitrogens is 1. The predicted octanol–water partition coefficient (Wildman–Crippen LogP) is 2.51. The van der Waals surface area contributed by atoms with Gasteiger partial charge in [0.2, 0.25) is 0 Å². The molecule has 0 spiro atoms. The van der Waals surface area contributed by atoms with Gasteiger partial charge in [-0.1, -0.05) is 13.0 Å². The average Bonchev–Trinajstić information content (AvgIpc) is 2.82. The molecule has 3 heteroatoms. The van der Waals surface area contributed by atoms with Crippen molar-refractivity contribution in [3.8, 4) is 0 Å². The number of furan rings is 1. The van der Waals surface area contributed by atoms with Crippen molar-refractivity contribution >= 4 is 0 Å². The van der Waals surface area contributed by atoms with Crippen LogP contribution in [0.15, 0.2) is 47.2 Å². The lowest BCUT2D eigenvalue weighted by Gasteiger charge is -2.15. The molecule has 15 heavy (non-hydrogen) atoms. The third kappa shape index (κ3) is 2.07. The topological polar surface area (TPSA) is 46.3 Å². The van der Waals surface area contributed by atoms with E-state index in [0.717, 1.165) is 5.69 Å². The summed E-state index contributed by atoms with van der Waals surface area (Å²) in [4.78, 5) is 4.21. The molecule has 0 radical (unpaired) electrons. The van der Waals surface area contributed by atoms with Gasteiger partial charge in [0, 0.05) is 17.8 Å². The number of hydrogen-bond donors (Lipinski definition) is 1. The molecule has 0 fully saturated rings. The molecule has 0 saturated carbocycles. The van der Waals surface area contributed by atoms with Gasteiger partial charge in [-0.25, -0.2) is 0 Å². The molecule has 2 heterocycles. The Balaban J connectivity index is 2.18. The number of aliphatic hydroxyl groups is 1. The highest BCUT2D eigenvalue weighted by atomic mass is 16.4. The van der Waals surface area contributed by atoms with Gasteiger partial charge in [-0.3, -0.25) is 4.98 Å². The summed E-state index contributed by atoms with van der Waals surface area (Å²) in [6.45, 7) is 1.93. The molecule has 1 N–H and O–H groups in total. The molecular formula is C12H13NO2. The van der Waals surface area contributed by atoms with Gasteiger partial charge in [-0.15, -0.1) is 0 Å². The fourth-order valence-electron chi connectivity index (χ4n) is 1.51. The SMILES string of the molecule is CC(c1ccccn1)C(O)c1ccco1. The van der Waals surface area contributed by atoms with Gasteiger partial charge in [-0.05, 0) is 24.3 Å². The summed E-state index contributed by atoms with van der Waals surface area (Å²) in [5.74, 6) is 0.505. The van der Waals surface area contributed by atoms with E-state index in [9.17, 15) is 5.11 Å². The first-order valence-electron chi connectivity index (χ1n) is 4.91. The number of nitrogens with zero attached hydrogens (tertiary/aromatic N) is 1. The van der Waals surface area contributed by atoms with Crippen LogP contribution in [0.1, 0.15) is 30.4 Å². The van der Waals surface area contributed by atoms with Gasteiger partial charge in [0.05, 0.1) is 6.26 Å². The van der Waals surface area contributed by atoms with Crippen LogP contribution in [0.25, 0.3) is 0 Å². The molecule has 0 saturated heterocycles. The highest BCUT2D eigenvalue weighted by Gasteiger charge is 2.21. The molecule has 3 nitrogen and oxygen atoms in total. The van der Waals surface area contributed by atoms with Crippen molar-refractivity contribution in [2.24, 2.45) is 0 Å². The first-order chi connectivity index (χ1) is 7.29. The lowest BCUT2D eigenvalue weighted by molar-refractivity contribution is 0.124. The van der Waals surface area contributed by atoms with Crippen molar-refractivity contribution in [1.29, 1.82) is 0 Å². The van der Waals surface area contributed by atoms with Crippen molar-refractivity contribution in [2.45, 2.75) is 18.9 Å². The van der Waals surface area contributed by atoms with Gasteiger partial charge in [0.25, 0.3) is 0 Å². The number of rotatable bonds is 3. The summed E-state index contributed by atoms with van der Waals surface area (Å²) in [7, 11) is 0. The summed E-state index contributed by atoms with van der Waals surface area (Å²) in [6.07, 6.45) is 2.64. The highest BCUT2D eigenvalue weighted by Crippen LogP contribution is 2.29. The monoisotopic (exact) mass is 203 g/mol. The maximum atomic E-state index is 10.00. The van der Waals surface area contributed by atoms with E-state index in [1.807, 2.05) is 25.1 Å². The van der Waals surface area contributed by atoms with Crippen molar-refractivity contribution in [1.82, 2.24) is 4.98 Å². The van der Waals surface area contributed by atoms with Gasteiger partial charge in [0.15, 0.2) is 0 Å². The minimum atomic E-state index is -0.644. The van der Waals surface area contributed by atoms with Gasteiger partial charge >= 0.3 is 0 Å². The number of hydrogen-bond acceptors (Lipinski definition) is 3. The smallest absolute Gasteiger partial charge is 0.132 e. The lowest BCUT2D eigenvalue weighted by Crippen LogP contribution is -2.08. The van der Waals surface area contributed by atoms with Crippen molar-refractivity contribution in [2.75, 3.05) is 0 Å². The molecule has 0 aliphatic carbocycles. The zero-order valence-corrected chi connectivity index (χ0v) is 8.50. The molecule has 2 unspecified atom stereocenters. The fraction of sp³-hybridized carbons (Fsp3) is 0.250. The van der Waals surface area contributed by atoms with E-state index < -0.39 is 6.10 Å². The minimum Gasteiger partial charge on any atom is -0.467 e. The largest absolute Gasteiger partial charge is 0.467 e. The maximum Gasteiger partial charge on any atom is 0.132 e. The van der Waals surface area contributed by atoms with Crippen LogP contribution in [0.4, 0.5) is 0 Å². The third-order valence-corrected chi connectivity index (χ3v) is 2.46. The molecule has 0 amide bonds. The second-order valence-electron chi connectivity index (χ2n) is 3.50. The predicted molar refractivity (Wildman–Crippen MR) is 56.3 cm³/mol. The minimum absolute atomic E-state index is 0.0719. The molecule has 0 aliphatic rings. The summed E-state index contributed by atoms with van der Waals surface area (Å²) in [5, 5.41) is 10.00. The zero-order valence-electron chi connectivity index (χ0n) is 8.50. The van der Waals surface area contributed by atoms with E-state index >= 15 is 0 Å². The Hall–Kier alpha value is -1.61. The molecule has 0 aromatic carbocycles. The summed E-state index contributed by atoms with van der Waals surface area (Å²) >= 11 is 0. The van der Waals surface area contributed by atoms with Crippen LogP contribution >= 0.6 is 0 Å². The van der Waals surface area contributed by atoms with Crippen molar-refractivity contribution < 1.29 is 9.52 Å². The van der Waals surface area contributed by atoms with E-state index in [0.29, 0.717) is 5.76 Å². The summed E-state index contributed by atoms with van der Waals surface area (Å²) < 4.78 is 5.16. The second kappa shape index (κ2) is 4.28. The number of aliphatic hydroxyl groups excluding tert-OH is 1. The summed E-state index contributed by atoms with van der Waals surface area (Å²) in [6, 6.07) is 9.20. The third-order valence-electron chi connectivity index (χ3n) is 2.46. The van der Waals surface area contributed by atoms with E-state index in [4.69, 9.17) is 4.42 Å². The fourth-order valence-corrected chi connectivity index (χ4v) is 1.51. The standard InChI is InChI=1S/C12H13NO2/c1-9(10-5-2-3-7-13-10)12(14)11-6-4-8-15-11/h2-9,12,14H,1H3. The normalized spacial score (nSPS) is 14.8. The molecule has 2 aromatic heterocycles. The Bertz CT molecular complexity index is 397. The molecule has 78 valence electrons. The number of pyridine rings is 1. The molecule has 2 aromatic rings. The molecule has 2 atom stereocenters.